The van der Waals surface area contributed by atoms with Crippen molar-refractivity contribution in [3.63, 3.8) is 0 Å². The second-order valence-electron chi connectivity index (χ2n) is 3.79. The number of benzene rings is 1. The summed E-state index contributed by atoms with van der Waals surface area (Å²) < 4.78 is 18.3. The number of halogens is 1. The maximum atomic E-state index is 13.5. The molecule has 106 valence electrons. The van der Waals surface area contributed by atoms with Crippen LogP contribution in [0.3, 0.4) is 0 Å². The monoisotopic (exact) mass is 298 g/mol. The van der Waals surface area contributed by atoms with Gasteiger partial charge in [0.1, 0.15) is 5.82 Å². The molecule has 0 aliphatic carbocycles. The molecule has 0 unspecified atom stereocenters. The standard InChI is InChI=1S/C12H11FN2O4S/c1-2-19-10(16)5-20-12-14-8-3-6(11(17)18)7(13)4-9(8)15-12/h3-4H,2,5H2,1H3,(H,14,15)(H,17,18). The predicted molar refractivity (Wildman–Crippen MR) is 70.4 cm³/mol. The van der Waals surface area contributed by atoms with Crippen molar-refractivity contribution >= 4 is 34.7 Å². The van der Waals surface area contributed by atoms with Gasteiger partial charge in [-0.1, -0.05) is 11.8 Å². The number of carbonyl (C=O) groups excluding carboxylic acids is 1. The summed E-state index contributed by atoms with van der Waals surface area (Å²) in [4.78, 5) is 28.9. The fraction of sp³-hybridized carbons (Fsp3) is 0.250. The number of carboxylic acids is 1. The molecule has 20 heavy (non-hydrogen) atoms. The Hall–Kier alpha value is -2.09. The first-order chi connectivity index (χ1) is 9.51. The predicted octanol–water partition coefficient (Wildman–Crippen LogP) is 2.06. The molecular weight excluding hydrogens is 287 g/mol. The van der Waals surface area contributed by atoms with E-state index < -0.39 is 17.3 Å². The van der Waals surface area contributed by atoms with Gasteiger partial charge in [0, 0.05) is 6.07 Å². The minimum absolute atomic E-state index is 0.0714. The smallest absolute Gasteiger partial charge is 0.338 e. The highest BCUT2D eigenvalue weighted by Gasteiger charge is 2.14. The molecule has 0 spiro atoms. The molecule has 2 N–H and O–H groups in total. The molecule has 0 saturated carbocycles. The first-order valence-electron chi connectivity index (χ1n) is 5.72. The molecule has 0 radical (unpaired) electrons. The molecule has 1 heterocycles. The van der Waals surface area contributed by atoms with E-state index in [4.69, 9.17) is 9.84 Å². The Labute approximate surface area is 117 Å². The molecule has 0 fully saturated rings. The van der Waals surface area contributed by atoms with Crippen LogP contribution < -0.4 is 0 Å². The van der Waals surface area contributed by atoms with Crippen LogP contribution in [0.25, 0.3) is 11.0 Å². The Balaban J connectivity index is 2.21. The van der Waals surface area contributed by atoms with Crippen molar-refractivity contribution in [2.75, 3.05) is 12.4 Å². The van der Waals surface area contributed by atoms with E-state index in [2.05, 4.69) is 9.97 Å². The number of rotatable bonds is 5. The van der Waals surface area contributed by atoms with Crippen LogP contribution in [0.4, 0.5) is 4.39 Å². The number of H-pyrrole nitrogens is 1. The van der Waals surface area contributed by atoms with Crippen LogP contribution in [0.5, 0.6) is 0 Å². The third-order valence-electron chi connectivity index (χ3n) is 2.41. The molecule has 1 aromatic heterocycles. The van der Waals surface area contributed by atoms with Gasteiger partial charge in [0.25, 0.3) is 0 Å². The van der Waals surface area contributed by atoms with Gasteiger partial charge in [0.2, 0.25) is 0 Å². The number of aromatic carboxylic acids is 1. The molecule has 1 aromatic carbocycles. The number of carboxylic acid groups (broad SMARTS) is 1. The summed E-state index contributed by atoms with van der Waals surface area (Å²) >= 11 is 1.10. The quantitative estimate of drug-likeness (QED) is 0.648. The average molecular weight is 298 g/mol. The van der Waals surface area contributed by atoms with Crippen LogP contribution >= 0.6 is 11.8 Å². The van der Waals surface area contributed by atoms with Crippen LogP contribution in [-0.2, 0) is 9.53 Å². The van der Waals surface area contributed by atoms with Crippen LogP contribution in [0.15, 0.2) is 17.3 Å². The molecule has 8 heteroatoms. The third kappa shape index (κ3) is 3.08. The molecule has 2 aromatic rings. The number of ether oxygens (including phenoxy) is 1. The van der Waals surface area contributed by atoms with Gasteiger partial charge in [-0.2, -0.15) is 0 Å². The number of aromatic nitrogens is 2. The van der Waals surface area contributed by atoms with Gasteiger partial charge in [-0.25, -0.2) is 14.2 Å². The zero-order valence-electron chi connectivity index (χ0n) is 10.5. The van der Waals surface area contributed by atoms with Gasteiger partial charge in [-0.05, 0) is 13.0 Å². The van der Waals surface area contributed by atoms with Crippen LogP contribution in [0.1, 0.15) is 17.3 Å². The first-order valence-corrected chi connectivity index (χ1v) is 6.70. The van der Waals surface area contributed by atoms with Crippen LogP contribution in [0, 0.1) is 5.82 Å². The van der Waals surface area contributed by atoms with Crippen molar-refractivity contribution in [3.05, 3.63) is 23.5 Å². The lowest BCUT2D eigenvalue weighted by Crippen LogP contribution is -2.06. The normalized spacial score (nSPS) is 10.7. The van der Waals surface area contributed by atoms with E-state index in [9.17, 15) is 14.0 Å². The van der Waals surface area contributed by atoms with E-state index in [-0.39, 0.29) is 11.7 Å². The summed E-state index contributed by atoms with van der Waals surface area (Å²) in [7, 11) is 0. The van der Waals surface area contributed by atoms with E-state index in [0.29, 0.717) is 22.8 Å². The SMILES string of the molecule is CCOC(=O)CSc1nc2cc(C(=O)O)c(F)cc2[nH]1. The van der Waals surface area contributed by atoms with Crippen molar-refractivity contribution in [3.8, 4) is 0 Å². The Morgan fingerprint density at radius 1 is 1.50 bits per heavy atom. The molecule has 0 saturated heterocycles. The topological polar surface area (TPSA) is 92.3 Å². The summed E-state index contributed by atoms with van der Waals surface area (Å²) in [6.45, 7) is 2.01. The second kappa shape index (κ2) is 5.91. The number of imidazole rings is 1. The highest BCUT2D eigenvalue weighted by molar-refractivity contribution is 7.99. The zero-order valence-corrected chi connectivity index (χ0v) is 11.3. The Morgan fingerprint density at radius 3 is 2.90 bits per heavy atom. The summed E-state index contributed by atoms with van der Waals surface area (Å²) in [5.74, 6) is -2.50. The van der Waals surface area contributed by atoms with E-state index in [0.717, 1.165) is 23.9 Å². The van der Waals surface area contributed by atoms with E-state index in [1.807, 2.05) is 0 Å². The number of nitrogens with zero attached hydrogens (tertiary/aromatic N) is 1. The van der Waals surface area contributed by atoms with E-state index in [1.165, 1.54) is 0 Å². The number of hydrogen-bond acceptors (Lipinski definition) is 5. The Bertz CT molecular complexity index is 671. The summed E-state index contributed by atoms with van der Waals surface area (Å²) in [5.41, 5.74) is 0.264. The lowest BCUT2D eigenvalue weighted by atomic mass is 10.2. The number of thioether (sulfide) groups is 1. The Morgan fingerprint density at radius 2 is 2.25 bits per heavy atom. The lowest BCUT2D eigenvalue weighted by molar-refractivity contribution is -0.139. The van der Waals surface area contributed by atoms with Crippen molar-refractivity contribution < 1.29 is 23.8 Å². The van der Waals surface area contributed by atoms with Gasteiger partial charge in [-0.3, -0.25) is 4.79 Å². The number of nitrogens with one attached hydrogen (secondary N) is 1. The number of hydrogen-bond donors (Lipinski definition) is 2. The molecular formula is C12H11FN2O4S. The largest absolute Gasteiger partial charge is 0.478 e. The van der Waals surface area contributed by atoms with Crippen molar-refractivity contribution in [2.24, 2.45) is 0 Å². The zero-order chi connectivity index (χ0) is 14.7. The van der Waals surface area contributed by atoms with Gasteiger partial charge < -0.3 is 14.8 Å². The molecule has 0 aliphatic heterocycles. The van der Waals surface area contributed by atoms with Crippen molar-refractivity contribution in [1.82, 2.24) is 9.97 Å². The van der Waals surface area contributed by atoms with E-state index >= 15 is 0 Å². The molecule has 0 amide bonds. The molecule has 0 bridgehead atoms. The Kier molecular flexibility index (Phi) is 4.23. The fourth-order valence-corrected chi connectivity index (χ4v) is 2.25. The summed E-state index contributed by atoms with van der Waals surface area (Å²) in [5, 5.41) is 9.22. The second-order valence-corrected chi connectivity index (χ2v) is 4.75. The minimum atomic E-state index is -1.35. The number of carbonyl (C=O) groups is 2. The third-order valence-corrected chi connectivity index (χ3v) is 3.26. The molecule has 6 nitrogen and oxygen atoms in total. The number of aromatic amines is 1. The maximum Gasteiger partial charge on any atom is 0.338 e. The molecule has 0 atom stereocenters. The highest BCUT2D eigenvalue weighted by Crippen LogP contribution is 2.22. The van der Waals surface area contributed by atoms with Gasteiger partial charge in [0.15, 0.2) is 5.16 Å². The first kappa shape index (κ1) is 14.3. The molecule has 2 rings (SSSR count). The van der Waals surface area contributed by atoms with Gasteiger partial charge in [-0.15, -0.1) is 0 Å². The summed E-state index contributed by atoms with van der Waals surface area (Å²) in [6, 6.07) is 2.22. The van der Waals surface area contributed by atoms with Gasteiger partial charge >= 0.3 is 11.9 Å². The van der Waals surface area contributed by atoms with Gasteiger partial charge in [0.05, 0.1) is 29.0 Å². The fourth-order valence-electron chi connectivity index (χ4n) is 1.57. The number of fused-ring (bicyclic) bond motifs is 1. The lowest BCUT2D eigenvalue weighted by Gasteiger charge is -1.98. The minimum Gasteiger partial charge on any atom is -0.478 e. The highest BCUT2D eigenvalue weighted by atomic mass is 32.2. The summed E-state index contributed by atoms with van der Waals surface area (Å²) in [6.07, 6.45) is 0. The van der Waals surface area contributed by atoms with Crippen molar-refractivity contribution in [2.45, 2.75) is 12.1 Å². The maximum absolute atomic E-state index is 13.5. The number of esters is 1. The van der Waals surface area contributed by atoms with Crippen molar-refractivity contribution in [1.29, 1.82) is 0 Å². The average Bonchev–Trinajstić information content (AvgIpc) is 2.77. The van der Waals surface area contributed by atoms with Crippen LogP contribution in [-0.4, -0.2) is 39.4 Å². The van der Waals surface area contributed by atoms with Crippen LogP contribution in [0.2, 0.25) is 0 Å². The molecule has 0 aliphatic rings. The van der Waals surface area contributed by atoms with E-state index in [1.54, 1.807) is 6.92 Å².